The molecule has 0 amide bonds. The maximum absolute atomic E-state index is 12.8. The molecular weight excluding hydrogens is 417 g/mol. The topological polar surface area (TPSA) is 54.3 Å². The van der Waals surface area contributed by atoms with Crippen LogP contribution in [0.5, 0.6) is 0 Å². The zero-order chi connectivity index (χ0) is 22.5. The molecule has 0 unspecified atom stereocenters. The smallest absolute Gasteiger partial charge is 0.416 e. The highest BCUT2D eigenvalue weighted by molar-refractivity contribution is 5.96. The van der Waals surface area contributed by atoms with Crippen LogP contribution in [-0.2, 0) is 6.18 Å². The van der Waals surface area contributed by atoms with Crippen LogP contribution in [0.4, 0.5) is 24.5 Å². The number of halogens is 3. The Bertz CT molecular complexity index is 1320. The Morgan fingerprint density at radius 3 is 2.38 bits per heavy atom. The molecule has 3 aromatic carbocycles. The lowest BCUT2D eigenvalue weighted by molar-refractivity contribution is -0.137. The largest absolute Gasteiger partial charge is 0.478 e. The fourth-order valence-electron chi connectivity index (χ4n) is 3.93. The number of benzene rings is 3. The van der Waals surface area contributed by atoms with Gasteiger partial charge in [0.15, 0.2) is 0 Å². The second-order valence-corrected chi connectivity index (χ2v) is 8.01. The number of fused-ring (bicyclic) bond motifs is 1. The summed E-state index contributed by atoms with van der Waals surface area (Å²) < 4.78 is 40.3. The summed E-state index contributed by atoms with van der Waals surface area (Å²) in [7, 11) is 0. The van der Waals surface area contributed by atoms with Gasteiger partial charge in [0, 0.05) is 23.0 Å². The first-order chi connectivity index (χ1) is 15.3. The number of hydrogen-bond donors (Lipinski definition) is 2. The van der Waals surface area contributed by atoms with Gasteiger partial charge in [0.2, 0.25) is 0 Å². The minimum Gasteiger partial charge on any atom is -0.478 e. The van der Waals surface area contributed by atoms with Crippen LogP contribution in [0.15, 0.2) is 72.9 Å². The molecule has 0 spiro atoms. The van der Waals surface area contributed by atoms with Gasteiger partial charge >= 0.3 is 12.1 Å². The number of carboxylic acid groups (broad SMARTS) is 1. The third-order valence-electron chi connectivity index (χ3n) is 5.76. The minimum atomic E-state index is -4.37. The van der Waals surface area contributed by atoms with E-state index in [0.717, 1.165) is 47.1 Å². The molecule has 162 valence electrons. The Labute approximate surface area is 181 Å². The van der Waals surface area contributed by atoms with Gasteiger partial charge in [-0.15, -0.1) is 0 Å². The molecule has 1 aromatic heterocycles. The van der Waals surface area contributed by atoms with Gasteiger partial charge in [-0.05, 0) is 85.0 Å². The van der Waals surface area contributed by atoms with E-state index in [-0.39, 0.29) is 5.56 Å². The van der Waals surface area contributed by atoms with Gasteiger partial charge in [0.25, 0.3) is 0 Å². The summed E-state index contributed by atoms with van der Waals surface area (Å²) in [5.74, 6) is -0.520. The van der Waals surface area contributed by atoms with Crippen LogP contribution in [0, 0.1) is 0 Å². The fraction of sp³-hybridized carbons (Fsp3) is 0.160. The molecular formula is C25H19F3N2O2. The van der Waals surface area contributed by atoms with E-state index in [0.29, 0.717) is 17.3 Å². The normalized spacial score (nSPS) is 14.0. The van der Waals surface area contributed by atoms with Crippen molar-refractivity contribution < 1.29 is 23.1 Å². The molecule has 1 heterocycles. The number of anilines is 2. The van der Waals surface area contributed by atoms with Crippen molar-refractivity contribution in [3.8, 4) is 5.69 Å². The molecule has 2 N–H and O–H groups in total. The summed E-state index contributed by atoms with van der Waals surface area (Å²) in [4.78, 5) is 11.8. The van der Waals surface area contributed by atoms with Crippen LogP contribution in [0.2, 0.25) is 0 Å². The van der Waals surface area contributed by atoms with Gasteiger partial charge in [-0.1, -0.05) is 6.07 Å². The first kappa shape index (κ1) is 20.2. The summed E-state index contributed by atoms with van der Waals surface area (Å²) in [6, 6.07) is 17.9. The molecule has 1 fully saturated rings. The summed E-state index contributed by atoms with van der Waals surface area (Å²) >= 11 is 0. The van der Waals surface area contributed by atoms with Crippen molar-refractivity contribution in [2.75, 3.05) is 5.32 Å². The van der Waals surface area contributed by atoms with Gasteiger partial charge < -0.3 is 15.0 Å². The van der Waals surface area contributed by atoms with Crippen molar-refractivity contribution in [2.45, 2.75) is 24.9 Å². The molecule has 1 aliphatic rings. The predicted octanol–water partition coefficient (Wildman–Crippen LogP) is 6.97. The number of rotatable bonds is 5. The average Bonchev–Trinajstić information content (AvgIpc) is 3.53. The van der Waals surface area contributed by atoms with E-state index in [2.05, 4.69) is 5.32 Å². The Morgan fingerprint density at radius 2 is 1.72 bits per heavy atom. The molecule has 0 radical (unpaired) electrons. The quantitative estimate of drug-likeness (QED) is 0.355. The number of carboxylic acids is 1. The van der Waals surface area contributed by atoms with Crippen LogP contribution in [0.25, 0.3) is 16.6 Å². The lowest BCUT2D eigenvalue weighted by Gasteiger charge is -2.12. The lowest BCUT2D eigenvalue weighted by Crippen LogP contribution is -2.05. The lowest BCUT2D eigenvalue weighted by atomic mass is 10.0. The van der Waals surface area contributed by atoms with E-state index in [1.807, 2.05) is 34.9 Å². The predicted molar refractivity (Wildman–Crippen MR) is 117 cm³/mol. The Kier molecular flexibility index (Phi) is 4.69. The van der Waals surface area contributed by atoms with Crippen LogP contribution >= 0.6 is 0 Å². The number of aromatic nitrogens is 1. The number of nitrogens with zero attached hydrogens (tertiary/aromatic N) is 1. The maximum atomic E-state index is 12.8. The highest BCUT2D eigenvalue weighted by Crippen LogP contribution is 2.41. The first-order valence-electron chi connectivity index (χ1n) is 10.2. The molecule has 0 saturated heterocycles. The van der Waals surface area contributed by atoms with E-state index >= 15 is 0 Å². The van der Waals surface area contributed by atoms with Crippen molar-refractivity contribution >= 4 is 28.2 Å². The van der Waals surface area contributed by atoms with Crippen LogP contribution in [-0.4, -0.2) is 15.6 Å². The fourth-order valence-corrected chi connectivity index (χ4v) is 3.93. The zero-order valence-electron chi connectivity index (χ0n) is 16.9. The third kappa shape index (κ3) is 3.82. The molecule has 0 atom stereocenters. The molecule has 1 saturated carbocycles. The summed E-state index contributed by atoms with van der Waals surface area (Å²) in [6.07, 6.45) is -0.384. The standard InChI is InChI=1S/C25H19F3N2O2/c26-25(27,28)18-4-7-20(8-5-18)30-12-11-17-13-19(6-10-23(17)30)29-22-9-3-16(15-1-2-15)14-21(22)24(31)32/h3-15,29H,1-2H2,(H,31,32). The van der Waals surface area contributed by atoms with Gasteiger partial charge in [-0.2, -0.15) is 13.2 Å². The second-order valence-electron chi connectivity index (χ2n) is 8.01. The SMILES string of the molecule is O=C(O)c1cc(C2CC2)ccc1Nc1ccc2c(ccn2-c2ccc(C(F)(F)F)cc2)c1. The molecule has 0 bridgehead atoms. The molecule has 1 aliphatic carbocycles. The van der Waals surface area contributed by atoms with Gasteiger partial charge in [-0.3, -0.25) is 0 Å². The van der Waals surface area contributed by atoms with Gasteiger partial charge in [0.05, 0.1) is 22.3 Å². The van der Waals surface area contributed by atoms with Gasteiger partial charge in [0.1, 0.15) is 0 Å². The van der Waals surface area contributed by atoms with Crippen molar-refractivity contribution in [1.29, 1.82) is 0 Å². The van der Waals surface area contributed by atoms with E-state index in [4.69, 9.17) is 0 Å². The number of hydrogen-bond acceptors (Lipinski definition) is 2. The molecule has 0 aliphatic heterocycles. The number of alkyl halides is 3. The third-order valence-corrected chi connectivity index (χ3v) is 5.76. The van der Waals surface area contributed by atoms with E-state index in [1.165, 1.54) is 12.1 Å². The van der Waals surface area contributed by atoms with E-state index in [9.17, 15) is 23.1 Å². The molecule has 4 nitrogen and oxygen atoms in total. The Morgan fingerprint density at radius 1 is 0.969 bits per heavy atom. The van der Waals surface area contributed by atoms with E-state index < -0.39 is 17.7 Å². The van der Waals surface area contributed by atoms with Crippen LogP contribution in [0.3, 0.4) is 0 Å². The second kappa shape index (κ2) is 7.44. The summed E-state index contributed by atoms with van der Waals surface area (Å²) in [6.45, 7) is 0. The Balaban J connectivity index is 1.44. The van der Waals surface area contributed by atoms with E-state index in [1.54, 1.807) is 18.3 Å². The summed E-state index contributed by atoms with van der Waals surface area (Å²) in [5.41, 5.74) is 3.29. The molecule has 32 heavy (non-hydrogen) atoms. The van der Waals surface area contributed by atoms with Crippen molar-refractivity contribution in [3.63, 3.8) is 0 Å². The monoisotopic (exact) mass is 436 g/mol. The highest BCUT2D eigenvalue weighted by atomic mass is 19.4. The summed E-state index contributed by atoms with van der Waals surface area (Å²) in [5, 5.41) is 13.7. The highest BCUT2D eigenvalue weighted by Gasteiger charge is 2.30. The number of nitrogens with one attached hydrogen (secondary N) is 1. The van der Waals surface area contributed by atoms with Crippen molar-refractivity contribution in [2.24, 2.45) is 0 Å². The number of carbonyl (C=O) groups is 1. The average molecular weight is 436 g/mol. The van der Waals surface area contributed by atoms with Crippen molar-refractivity contribution in [1.82, 2.24) is 4.57 Å². The molecule has 7 heteroatoms. The van der Waals surface area contributed by atoms with Crippen LogP contribution < -0.4 is 5.32 Å². The maximum Gasteiger partial charge on any atom is 0.416 e. The Hall–Kier alpha value is -3.74. The first-order valence-corrected chi connectivity index (χ1v) is 10.2. The molecule has 4 aromatic rings. The minimum absolute atomic E-state index is 0.233. The zero-order valence-corrected chi connectivity index (χ0v) is 16.9. The van der Waals surface area contributed by atoms with Crippen molar-refractivity contribution in [3.05, 3.63) is 89.6 Å². The number of aromatic carboxylic acids is 1. The van der Waals surface area contributed by atoms with Crippen LogP contribution in [0.1, 0.15) is 40.2 Å². The molecule has 5 rings (SSSR count). The van der Waals surface area contributed by atoms with Gasteiger partial charge in [-0.25, -0.2) is 4.79 Å².